The van der Waals surface area contributed by atoms with E-state index in [9.17, 15) is 13.2 Å². The van der Waals surface area contributed by atoms with E-state index in [0.717, 1.165) is 31.2 Å². The molecule has 1 saturated carbocycles. The van der Waals surface area contributed by atoms with E-state index >= 15 is 0 Å². The van der Waals surface area contributed by atoms with Crippen LogP contribution in [0.1, 0.15) is 50.5 Å². The standard InChI is InChI=1S/C21H24F3N/c22-19(15-25)5-3-1-2-4-16-6-8-17(9-7-16)10-11-18-12-13-20(23)21(24)14-18/h1,3,5,12-14,16-17H,2,4,6-11H2. The molecule has 0 bridgehead atoms. The third-order valence-electron chi connectivity index (χ3n) is 5.02. The van der Waals surface area contributed by atoms with Crippen molar-refractivity contribution in [3.05, 3.63) is 59.5 Å². The summed E-state index contributed by atoms with van der Waals surface area (Å²) in [5.74, 6) is -0.956. The van der Waals surface area contributed by atoms with Crippen molar-refractivity contribution in [2.75, 3.05) is 0 Å². The summed E-state index contributed by atoms with van der Waals surface area (Å²) in [6.45, 7) is 0. The Labute approximate surface area is 147 Å². The molecular weight excluding hydrogens is 323 g/mol. The predicted molar refractivity (Wildman–Crippen MR) is 93.3 cm³/mol. The van der Waals surface area contributed by atoms with Crippen LogP contribution in [0.3, 0.4) is 0 Å². The molecule has 1 aromatic rings. The highest BCUT2D eigenvalue weighted by Gasteiger charge is 2.20. The maximum absolute atomic E-state index is 13.2. The average Bonchev–Trinajstić information content (AvgIpc) is 2.63. The molecule has 134 valence electrons. The molecule has 1 aliphatic rings. The second kappa shape index (κ2) is 10.1. The van der Waals surface area contributed by atoms with E-state index in [-0.39, 0.29) is 0 Å². The summed E-state index contributed by atoms with van der Waals surface area (Å²) in [5, 5.41) is 8.30. The molecule has 2 rings (SSSR count). The smallest absolute Gasteiger partial charge is 0.199 e. The zero-order valence-electron chi connectivity index (χ0n) is 14.4. The number of allylic oxidation sites excluding steroid dienone is 4. The second-order valence-electron chi connectivity index (χ2n) is 6.81. The average molecular weight is 347 g/mol. The summed E-state index contributed by atoms with van der Waals surface area (Å²) in [5.41, 5.74) is 0.865. The molecule has 0 unspecified atom stereocenters. The Balaban J connectivity index is 1.64. The largest absolute Gasteiger partial charge is 0.204 e. The van der Waals surface area contributed by atoms with E-state index in [4.69, 9.17) is 5.26 Å². The first-order valence-electron chi connectivity index (χ1n) is 8.95. The maximum atomic E-state index is 13.2. The molecule has 0 atom stereocenters. The first-order valence-corrected chi connectivity index (χ1v) is 8.95. The Bertz CT molecular complexity index is 650. The summed E-state index contributed by atoms with van der Waals surface area (Å²) in [7, 11) is 0. The highest BCUT2D eigenvalue weighted by molar-refractivity contribution is 5.19. The lowest BCUT2D eigenvalue weighted by molar-refractivity contribution is 0.254. The quantitative estimate of drug-likeness (QED) is 0.412. The Morgan fingerprint density at radius 2 is 1.76 bits per heavy atom. The van der Waals surface area contributed by atoms with E-state index in [1.807, 2.05) is 6.08 Å². The molecule has 1 aliphatic carbocycles. The zero-order chi connectivity index (χ0) is 18.1. The number of hydrogen-bond acceptors (Lipinski definition) is 1. The van der Waals surface area contributed by atoms with Gasteiger partial charge in [-0.3, -0.25) is 0 Å². The molecular formula is C21H24F3N. The van der Waals surface area contributed by atoms with E-state index < -0.39 is 17.5 Å². The Morgan fingerprint density at radius 3 is 2.40 bits per heavy atom. The minimum absolute atomic E-state index is 0.660. The van der Waals surface area contributed by atoms with Crippen LogP contribution in [0, 0.1) is 34.8 Å². The fraction of sp³-hybridized carbons (Fsp3) is 0.476. The number of rotatable bonds is 7. The lowest BCUT2D eigenvalue weighted by Gasteiger charge is -2.28. The second-order valence-corrected chi connectivity index (χ2v) is 6.81. The van der Waals surface area contributed by atoms with Crippen LogP contribution in [0.25, 0.3) is 0 Å². The minimum Gasteiger partial charge on any atom is -0.204 e. The van der Waals surface area contributed by atoms with Gasteiger partial charge in [0.25, 0.3) is 0 Å². The maximum Gasteiger partial charge on any atom is 0.199 e. The fourth-order valence-electron chi connectivity index (χ4n) is 3.49. The molecule has 0 aliphatic heterocycles. The van der Waals surface area contributed by atoms with Gasteiger partial charge in [-0.2, -0.15) is 9.65 Å². The predicted octanol–water partition coefficient (Wildman–Crippen LogP) is 6.42. The first kappa shape index (κ1) is 19.3. The molecule has 4 heteroatoms. The molecule has 1 nitrogen and oxygen atoms in total. The summed E-state index contributed by atoms with van der Waals surface area (Å²) in [4.78, 5) is 0. The van der Waals surface area contributed by atoms with Crippen LogP contribution in [0.5, 0.6) is 0 Å². The SMILES string of the molecule is N#CC(F)=CC=CCCC1CCC(CCc2ccc(F)c(F)c2)CC1. The number of nitriles is 1. The van der Waals surface area contributed by atoms with Gasteiger partial charge in [0, 0.05) is 0 Å². The number of hydrogen-bond donors (Lipinski definition) is 0. The third-order valence-corrected chi connectivity index (χ3v) is 5.02. The Hall–Kier alpha value is -2.02. The molecule has 1 fully saturated rings. The summed E-state index contributed by atoms with van der Waals surface area (Å²) < 4.78 is 38.7. The minimum atomic E-state index is -0.788. The molecule has 0 spiro atoms. The third kappa shape index (κ3) is 6.78. The van der Waals surface area contributed by atoms with Crippen molar-refractivity contribution in [1.82, 2.24) is 0 Å². The monoisotopic (exact) mass is 347 g/mol. The van der Waals surface area contributed by atoms with Gasteiger partial charge >= 0.3 is 0 Å². The summed E-state index contributed by atoms with van der Waals surface area (Å²) >= 11 is 0. The van der Waals surface area contributed by atoms with Crippen LogP contribution in [0.15, 0.2) is 42.3 Å². The normalized spacial score (nSPS) is 21.4. The number of nitrogens with zero attached hydrogens (tertiary/aromatic N) is 1. The van der Waals surface area contributed by atoms with Gasteiger partial charge < -0.3 is 0 Å². The van der Waals surface area contributed by atoms with Gasteiger partial charge in [-0.05, 0) is 61.3 Å². The van der Waals surface area contributed by atoms with Crippen molar-refractivity contribution >= 4 is 0 Å². The highest BCUT2D eigenvalue weighted by atomic mass is 19.2. The lowest BCUT2D eigenvalue weighted by Crippen LogP contribution is -2.15. The van der Waals surface area contributed by atoms with Gasteiger partial charge in [-0.25, -0.2) is 8.78 Å². The van der Waals surface area contributed by atoms with Gasteiger partial charge in [0.15, 0.2) is 17.5 Å². The molecule has 0 aromatic heterocycles. The molecule has 0 radical (unpaired) electrons. The highest BCUT2D eigenvalue weighted by Crippen LogP contribution is 2.34. The first-order chi connectivity index (χ1) is 12.1. The van der Waals surface area contributed by atoms with Gasteiger partial charge in [-0.15, -0.1) is 0 Å². The Kier molecular flexibility index (Phi) is 7.78. The summed E-state index contributed by atoms with van der Waals surface area (Å²) in [6, 6.07) is 5.61. The van der Waals surface area contributed by atoms with Crippen LogP contribution in [0.2, 0.25) is 0 Å². The number of benzene rings is 1. The van der Waals surface area contributed by atoms with Crippen molar-refractivity contribution in [1.29, 1.82) is 5.26 Å². The van der Waals surface area contributed by atoms with Crippen LogP contribution in [-0.4, -0.2) is 0 Å². The van der Waals surface area contributed by atoms with Gasteiger partial charge in [0.1, 0.15) is 6.07 Å². The molecule has 0 saturated heterocycles. The molecule has 0 amide bonds. The van der Waals surface area contributed by atoms with Gasteiger partial charge in [0.2, 0.25) is 0 Å². The van der Waals surface area contributed by atoms with E-state index in [0.29, 0.717) is 11.8 Å². The van der Waals surface area contributed by atoms with Crippen LogP contribution >= 0.6 is 0 Å². The lowest BCUT2D eigenvalue weighted by atomic mass is 9.78. The van der Waals surface area contributed by atoms with Crippen molar-refractivity contribution in [2.24, 2.45) is 11.8 Å². The molecule has 1 aromatic carbocycles. The summed E-state index contributed by atoms with van der Waals surface area (Å²) in [6.07, 6.45) is 13.3. The molecule has 25 heavy (non-hydrogen) atoms. The zero-order valence-corrected chi connectivity index (χ0v) is 14.4. The van der Waals surface area contributed by atoms with Gasteiger partial charge in [0.05, 0.1) is 0 Å². The van der Waals surface area contributed by atoms with E-state index in [1.54, 1.807) is 12.1 Å². The number of aryl methyl sites for hydroxylation is 1. The van der Waals surface area contributed by atoms with Crippen LogP contribution in [-0.2, 0) is 6.42 Å². The van der Waals surface area contributed by atoms with Crippen LogP contribution in [0.4, 0.5) is 13.2 Å². The fourth-order valence-corrected chi connectivity index (χ4v) is 3.49. The van der Waals surface area contributed by atoms with Crippen molar-refractivity contribution in [2.45, 2.75) is 51.4 Å². The van der Waals surface area contributed by atoms with Crippen molar-refractivity contribution in [3.63, 3.8) is 0 Å². The molecule has 0 heterocycles. The molecule has 0 N–H and O–H groups in total. The van der Waals surface area contributed by atoms with Gasteiger partial charge in [-0.1, -0.05) is 43.9 Å². The van der Waals surface area contributed by atoms with E-state index in [2.05, 4.69) is 0 Å². The van der Waals surface area contributed by atoms with Crippen molar-refractivity contribution < 1.29 is 13.2 Å². The Morgan fingerprint density at radius 1 is 1.08 bits per heavy atom. The van der Waals surface area contributed by atoms with E-state index in [1.165, 1.54) is 50.0 Å². The van der Waals surface area contributed by atoms with Crippen LogP contribution < -0.4 is 0 Å². The topological polar surface area (TPSA) is 23.8 Å². The van der Waals surface area contributed by atoms with Crippen molar-refractivity contribution in [3.8, 4) is 6.07 Å². The number of halogens is 3.